The summed E-state index contributed by atoms with van der Waals surface area (Å²) in [5.74, 6) is 0. The van der Waals surface area contributed by atoms with E-state index in [9.17, 15) is 4.21 Å². The van der Waals surface area contributed by atoms with Crippen molar-refractivity contribution in [3.05, 3.63) is 29.8 Å². The van der Waals surface area contributed by atoms with Crippen molar-refractivity contribution < 1.29 is 8.95 Å². The van der Waals surface area contributed by atoms with Crippen LogP contribution in [0.5, 0.6) is 0 Å². The van der Waals surface area contributed by atoms with Gasteiger partial charge >= 0.3 is 0 Å². The second-order valence-electron chi connectivity index (χ2n) is 5.95. The van der Waals surface area contributed by atoms with Crippen LogP contribution in [0, 0.1) is 6.92 Å². The number of piperidine rings is 1. The summed E-state index contributed by atoms with van der Waals surface area (Å²) in [5.41, 5.74) is 1.21. The first-order valence-electron chi connectivity index (χ1n) is 7.43. The zero-order valence-electron chi connectivity index (χ0n) is 12.2. The van der Waals surface area contributed by atoms with Crippen molar-refractivity contribution in [2.75, 3.05) is 20.2 Å². The fraction of sp³-hybridized carbons (Fsp3) is 0.625. The van der Waals surface area contributed by atoms with Crippen molar-refractivity contribution >= 4 is 10.8 Å². The summed E-state index contributed by atoms with van der Waals surface area (Å²) in [6, 6.07) is 8.64. The van der Waals surface area contributed by atoms with Crippen LogP contribution in [0.3, 0.4) is 0 Å². The third-order valence-electron chi connectivity index (χ3n) is 4.64. The van der Waals surface area contributed by atoms with Gasteiger partial charge in [-0.2, -0.15) is 0 Å². The summed E-state index contributed by atoms with van der Waals surface area (Å²) < 4.78 is 18.5. The van der Waals surface area contributed by atoms with Crippen molar-refractivity contribution in [1.82, 2.24) is 4.90 Å². The van der Waals surface area contributed by atoms with Crippen molar-refractivity contribution in [3.8, 4) is 0 Å². The van der Waals surface area contributed by atoms with Crippen LogP contribution in [0.1, 0.15) is 24.8 Å². The molecule has 4 atom stereocenters. The lowest BCUT2D eigenvalue weighted by Gasteiger charge is -2.39. The molecule has 0 radical (unpaired) electrons. The largest absolute Gasteiger partial charge is 0.380 e. The van der Waals surface area contributed by atoms with Gasteiger partial charge in [-0.1, -0.05) is 17.7 Å². The molecule has 0 bridgehead atoms. The number of aryl methyl sites for hydroxylation is 1. The molecule has 0 amide bonds. The van der Waals surface area contributed by atoms with E-state index in [1.165, 1.54) is 18.4 Å². The van der Waals surface area contributed by atoms with Gasteiger partial charge in [0.15, 0.2) is 0 Å². The summed E-state index contributed by atoms with van der Waals surface area (Å²) in [6.45, 7) is 4.14. The standard InChI is InChI=1S/C16H23NO2S/c1-12-5-7-13(8-6-12)20(18)14-10-16(19-2)15-4-3-9-17(15)11-14/h5-8,14-16H,3-4,9-11H2,1-2H3/t14-,15-,16+,20-/m0/s1. The monoisotopic (exact) mass is 293 g/mol. The molecule has 1 aromatic rings. The van der Waals surface area contributed by atoms with E-state index >= 15 is 0 Å². The molecule has 2 heterocycles. The summed E-state index contributed by atoms with van der Waals surface area (Å²) in [5, 5.41) is 0.192. The van der Waals surface area contributed by atoms with Gasteiger partial charge in [0.1, 0.15) is 0 Å². The van der Waals surface area contributed by atoms with Crippen LogP contribution in [0.4, 0.5) is 0 Å². The van der Waals surface area contributed by atoms with E-state index in [1.807, 2.05) is 24.3 Å². The maximum Gasteiger partial charge on any atom is 0.0738 e. The van der Waals surface area contributed by atoms with E-state index < -0.39 is 10.8 Å². The zero-order chi connectivity index (χ0) is 14.1. The maximum atomic E-state index is 12.8. The van der Waals surface area contributed by atoms with E-state index in [1.54, 1.807) is 7.11 Å². The molecule has 0 saturated carbocycles. The topological polar surface area (TPSA) is 29.5 Å². The molecular formula is C16H23NO2S. The third kappa shape index (κ3) is 2.69. The van der Waals surface area contributed by atoms with E-state index in [0.29, 0.717) is 6.04 Å². The molecule has 2 fully saturated rings. The molecule has 0 spiro atoms. The molecule has 0 aliphatic carbocycles. The van der Waals surface area contributed by atoms with Crippen LogP contribution >= 0.6 is 0 Å². The quantitative estimate of drug-likeness (QED) is 0.857. The number of rotatable bonds is 3. The second kappa shape index (κ2) is 5.96. The molecule has 1 aromatic carbocycles. The van der Waals surface area contributed by atoms with Gasteiger partial charge in [0.05, 0.1) is 22.2 Å². The highest BCUT2D eigenvalue weighted by Crippen LogP contribution is 2.32. The van der Waals surface area contributed by atoms with Gasteiger partial charge in [-0.3, -0.25) is 9.11 Å². The van der Waals surface area contributed by atoms with Crippen LogP contribution in [-0.4, -0.2) is 46.7 Å². The van der Waals surface area contributed by atoms with E-state index in [-0.39, 0.29) is 11.4 Å². The molecular weight excluding hydrogens is 270 g/mol. The molecule has 2 aliphatic heterocycles. The Kier molecular flexibility index (Phi) is 4.24. The highest BCUT2D eigenvalue weighted by molar-refractivity contribution is 7.85. The number of hydrogen-bond acceptors (Lipinski definition) is 3. The number of fused-ring (bicyclic) bond motifs is 1. The van der Waals surface area contributed by atoms with Gasteiger partial charge in [0.25, 0.3) is 0 Å². The summed E-state index contributed by atoms with van der Waals surface area (Å²) >= 11 is 0. The summed E-state index contributed by atoms with van der Waals surface area (Å²) in [6.07, 6.45) is 3.63. The SMILES string of the molecule is CO[C@@H]1C[C@H]([S@@](=O)c2ccc(C)cc2)CN2CCC[C@@H]12. The smallest absolute Gasteiger partial charge is 0.0738 e. The first-order valence-corrected chi connectivity index (χ1v) is 8.64. The lowest BCUT2D eigenvalue weighted by molar-refractivity contribution is 0.00184. The van der Waals surface area contributed by atoms with Gasteiger partial charge in [-0.15, -0.1) is 0 Å². The second-order valence-corrected chi connectivity index (χ2v) is 7.68. The Hall–Kier alpha value is -0.710. The molecule has 0 aromatic heterocycles. The normalized spacial score (nSPS) is 32.0. The molecule has 3 nitrogen and oxygen atoms in total. The summed E-state index contributed by atoms with van der Waals surface area (Å²) in [7, 11) is 0.858. The number of nitrogens with zero attached hydrogens (tertiary/aromatic N) is 1. The number of ether oxygens (including phenoxy) is 1. The first-order chi connectivity index (χ1) is 9.69. The average molecular weight is 293 g/mol. The minimum atomic E-state index is -0.932. The van der Waals surface area contributed by atoms with Gasteiger partial charge < -0.3 is 4.74 Å². The van der Waals surface area contributed by atoms with E-state index in [2.05, 4.69) is 11.8 Å². The van der Waals surface area contributed by atoms with Crippen LogP contribution in [0.25, 0.3) is 0 Å². The van der Waals surface area contributed by atoms with Crippen LogP contribution in [-0.2, 0) is 15.5 Å². The Bertz CT molecular complexity index is 488. The minimum absolute atomic E-state index is 0.192. The lowest BCUT2D eigenvalue weighted by Crippen LogP contribution is -2.51. The number of methoxy groups -OCH3 is 1. The highest BCUT2D eigenvalue weighted by Gasteiger charge is 2.40. The predicted octanol–water partition coefficient (Wildman–Crippen LogP) is 2.35. The molecule has 3 rings (SSSR count). The molecule has 4 heteroatoms. The number of hydrogen-bond donors (Lipinski definition) is 0. The predicted molar refractivity (Wildman–Crippen MR) is 81.4 cm³/mol. The Morgan fingerprint density at radius 1 is 1.30 bits per heavy atom. The summed E-state index contributed by atoms with van der Waals surface area (Å²) in [4.78, 5) is 3.43. The van der Waals surface area contributed by atoms with Crippen molar-refractivity contribution in [2.24, 2.45) is 0 Å². The van der Waals surface area contributed by atoms with Gasteiger partial charge in [0, 0.05) is 24.6 Å². The fourth-order valence-corrected chi connectivity index (χ4v) is 5.01. The molecule has 110 valence electrons. The zero-order valence-corrected chi connectivity index (χ0v) is 13.1. The molecule has 0 N–H and O–H groups in total. The van der Waals surface area contributed by atoms with Gasteiger partial charge in [-0.05, 0) is 44.9 Å². The molecule has 2 aliphatic rings. The third-order valence-corrected chi connectivity index (χ3v) is 6.32. The minimum Gasteiger partial charge on any atom is -0.380 e. The van der Waals surface area contributed by atoms with Gasteiger partial charge in [0.2, 0.25) is 0 Å². The van der Waals surface area contributed by atoms with Crippen LogP contribution in [0.15, 0.2) is 29.2 Å². The van der Waals surface area contributed by atoms with Crippen molar-refractivity contribution in [1.29, 1.82) is 0 Å². The van der Waals surface area contributed by atoms with Crippen molar-refractivity contribution in [3.63, 3.8) is 0 Å². The Morgan fingerprint density at radius 2 is 2.05 bits per heavy atom. The molecule has 20 heavy (non-hydrogen) atoms. The fourth-order valence-electron chi connectivity index (χ4n) is 3.53. The molecule has 0 unspecified atom stereocenters. The van der Waals surface area contributed by atoms with Crippen LogP contribution < -0.4 is 0 Å². The van der Waals surface area contributed by atoms with Gasteiger partial charge in [-0.25, -0.2) is 0 Å². The van der Waals surface area contributed by atoms with Crippen molar-refractivity contribution in [2.45, 2.75) is 48.5 Å². The molecule has 2 saturated heterocycles. The van der Waals surface area contributed by atoms with E-state index in [0.717, 1.165) is 24.4 Å². The Labute approximate surface area is 123 Å². The van der Waals surface area contributed by atoms with Crippen LogP contribution in [0.2, 0.25) is 0 Å². The van der Waals surface area contributed by atoms with E-state index in [4.69, 9.17) is 4.74 Å². The maximum absolute atomic E-state index is 12.8. The average Bonchev–Trinajstić information content (AvgIpc) is 2.94. The number of benzene rings is 1. The lowest BCUT2D eigenvalue weighted by atomic mass is 9.99. The Balaban J connectivity index is 1.76. The Morgan fingerprint density at radius 3 is 2.75 bits per heavy atom. The highest BCUT2D eigenvalue weighted by atomic mass is 32.2. The first kappa shape index (κ1) is 14.2.